The number of ether oxygens (including phenoxy) is 1. The summed E-state index contributed by atoms with van der Waals surface area (Å²) in [6.07, 6.45) is 0. The van der Waals surface area contributed by atoms with E-state index in [9.17, 15) is 23.5 Å². The number of aliphatic hydroxyl groups is 1. The molecule has 1 aromatic heterocycles. The molecular weight excluding hydrogens is 428 g/mol. The van der Waals surface area contributed by atoms with Crippen molar-refractivity contribution in [1.82, 2.24) is 10.2 Å². The molecule has 2 heterocycles. The van der Waals surface area contributed by atoms with Crippen LogP contribution in [0.2, 0.25) is 0 Å². The van der Waals surface area contributed by atoms with Gasteiger partial charge in [0, 0.05) is 0 Å². The number of carbonyl (C=O) groups excluding carboxylic acids is 2. The maximum Gasteiger partial charge on any atom is 0.301 e. The number of hydrogen-bond acceptors (Lipinski definition) is 7. The highest BCUT2D eigenvalue weighted by Gasteiger charge is 2.48. The SMILES string of the molecule is COc1ccc(F)cc1C(O)=C1C(=O)C(=O)N(c2nnc(C)s2)[C@@H]1c1cccc(F)c1. The van der Waals surface area contributed by atoms with Gasteiger partial charge in [-0.25, -0.2) is 8.78 Å². The lowest BCUT2D eigenvalue weighted by Crippen LogP contribution is -2.29. The van der Waals surface area contributed by atoms with Crippen molar-refractivity contribution < 1.29 is 28.2 Å². The normalized spacial score (nSPS) is 17.9. The molecule has 158 valence electrons. The van der Waals surface area contributed by atoms with Crippen LogP contribution in [0.4, 0.5) is 13.9 Å². The first-order valence-electron chi connectivity index (χ1n) is 9.02. The Balaban J connectivity index is 1.99. The number of carbonyl (C=O) groups is 2. The highest BCUT2D eigenvalue weighted by atomic mass is 32.1. The van der Waals surface area contributed by atoms with Crippen molar-refractivity contribution in [1.29, 1.82) is 0 Å². The summed E-state index contributed by atoms with van der Waals surface area (Å²) in [5.41, 5.74) is -0.230. The molecule has 0 saturated carbocycles. The van der Waals surface area contributed by atoms with Crippen molar-refractivity contribution in [2.24, 2.45) is 0 Å². The highest BCUT2D eigenvalue weighted by molar-refractivity contribution is 7.15. The van der Waals surface area contributed by atoms with Crippen molar-refractivity contribution in [3.05, 3.63) is 75.8 Å². The molecule has 0 radical (unpaired) electrons. The fourth-order valence-corrected chi connectivity index (χ4v) is 4.13. The second-order valence-corrected chi connectivity index (χ2v) is 7.83. The summed E-state index contributed by atoms with van der Waals surface area (Å²) in [7, 11) is 1.32. The predicted octanol–water partition coefficient (Wildman–Crippen LogP) is 3.76. The third-order valence-corrected chi connectivity index (χ3v) is 5.58. The van der Waals surface area contributed by atoms with E-state index in [0.29, 0.717) is 5.01 Å². The first-order chi connectivity index (χ1) is 14.8. The van der Waals surface area contributed by atoms with Crippen LogP contribution >= 0.6 is 11.3 Å². The van der Waals surface area contributed by atoms with Crippen LogP contribution in [0, 0.1) is 18.6 Å². The zero-order valence-corrected chi connectivity index (χ0v) is 17.1. The molecule has 1 atom stereocenters. The van der Waals surface area contributed by atoms with Crippen LogP contribution in [-0.4, -0.2) is 34.1 Å². The number of benzene rings is 2. The summed E-state index contributed by atoms with van der Waals surface area (Å²) in [5, 5.41) is 19.5. The molecule has 0 bridgehead atoms. The zero-order chi connectivity index (χ0) is 22.3. The maximum absolute atomic E-state index is 14.0. The van der Waals surface area contributed by atoms with Crippen molar-refractivity contribution in [2.75, 3.05) is 12.0 Å². The summed E-state index contributed by atoms with van der Waals surface area (Å²) in [4.78, 5) is 27.0. The van der Waals surface area contributed by atoms with Crippen molar-refractivity contribution >= 4 is 33.9 Å². The van der Waals surface area contributed by atoms with Gasteiger partial charge in [0.25, 0.3) is 5.78 Å². The van der Waals surface area contributed by atoms with Crippen LogP contribution in [0.3, 0.4) is 0 Å². The molecule has 7 nitrogen and oxygen atoms in total. The smallest absolute Gasteiger partial charge is 0.301 e. The minimum absolute atomic E-state index is 0.0925. The molecule has 31 heavy (non-hydrogen) atoms. The Bertz CT molecular complexity index is 1240. The molecule has 0 spiro atoms. The monoisotopic (exact) mass is 443 g/mol. The van der Waals surface area contributed by atoms with E-state index in [4.69, 9.17) is 4.74 Å². The zero-order valence-electron chi connectivity index (χ0n) is 16.3. The van der Waals surface area contributed by atoms with E-state index >= 15 is 0 Å². The molecule has 1 N–H and O–H groups in total. The van der Waals surface area contributed by atoms with Gasteiger partial charge in [0.1, 0.15) is 28.2 Å². The number of rotatable bonds is 4. The summed E-state index contributed by atoms with van der Waals surface area (Å²) in [5.74, 6) is -3.82. The number of nitrogens with zero attached hydrogens (tertiary/aromatic N) is 3. The van der Waals surface area contributed by atoms with E-state index < -0.39 is 35.1 Å². The minimum atomic E-state index is -1.20. The molecule has 1 amide bonds. The number of Topliss-reactive ketones (excluding diaryl/α,β-unsaturated/α-hetero) is 1. The Morgan fingerprint density at radius 1 is 1.13 bits per heavy atom. The first kappa shape index (κ1) is 20.6. The van der Waals surface area contributed by atoms with Crippen LogP contribution in [0.15, 0.2) is 48.0 Å². The lowest BCUT2D eigenvalue weighted by molar-refractivity contribution is -0.132. The summed E-state index contributed by atoms with van der Waals surface area (Å²) in [6.45, 7) is 1.67. The Kier molecular flexibility index (Phi) is 5.24. The van der Waals surface area contributed by atoms with Crippen molar-refractivity contribution in [3.8, 4) is 5.75 Å². The van der Waals surface area contributed by atoms with Gasteiger partial charge in [-0.3, -0.25) is 14.5 Å². The molecule has 1 saturated heterocycles. The predicted molar refractivity (Wildman–Crippen MR) is 109 cm³/mol. The third-order valence-electron chi connectivity index (χ3n) is 4.75. The number of aliphatic hydroxyl groups excluding tert-OH is 1. The Morgan fingerprint density at radius 2 is 1.87 bits per heavy atom. The molecule has 0 unspecified atom stereocenters. The quantitative estimate of drug-likeness (QED) is 0.375. The van der Waals surface area contributed by atoms with Crippen molar-refractivity contribution in [2.45, 2.75) is 13.0 Å². The second kappa shape index (κ2) is 7.88. The largest absolute Gasteiger partial charge is 0.507 e. The molecule has 2 aromatic carbocycles. The van der Waals surface area contributed by atoms with E-state index in [1.165, 1.54) is 31.4 Å². The van der Waals surface area contributed by atoms with E-state index in [1.807, 2.05) is 0 Å². The number of aryl methyl sites for hydroxylation is 1. The van der Waals surface area contributed by atoms with Gasteiger partial charge in [0.2, 0.25) is 5.13 Å². The van der Waals surface area contributed by atoms with E-state index in [0.717, 1.165) is 34.4 Å². The van der Waals surface area contributed by atoms with E-state index in [-0.39, 0.29) is 27.6 Å². The molecule has 3 aromatic rings. The summed E-state index contributed by atoms with van der Waals surface area (Å²) in [6, 6.07) is 7.48. The maximum atomic E-state index is 14.0. The number of anilines is 1. The highest BCUT2D eigenvalue weighted by Crippen LogP contribution is 2.44. The Labute approximate surface area is 179 Å². The lowest BCUT2D eigenvalue weighted by atomic mass is 9.95. The lowest BCUT2D eigenvalue weighted by Gasteiger charge is -2.22. The number of aromatic nitrogens is 2. The van der Waals surface area contributed by atoms with Gasteiger partial charge in [-0.05, 0) is 42.8 Å². The Morgan fingerprint density at radius 3 is 2.52 bits per heavy atom. The molecular formula is C21H15F2N3O4S. The molecule has 1 fully saturated rings. The van der Waals surface area contributed by atoms with Crippen molar-refractivity contribution in [3.63, 3.8) is 0 Å². The Hall–Kier alpha value is -3.66. The van der Waals surface area contributed by atoms with Crippen LogP contribution in [0.5, 0.6) is 5.75 Å². The standard InChI is InChI=1S/C21H15F2N3O4S/c1-10-24-25-21(31-10)26-17(11-4-3-5-12(22)8-11)16(19(28)20(26)29)18(27)14-9-13(23)6-7-15(14)30-2/h3-9,17,27H,1-2H3/t17-/m1/s1. The number of methoxy groups -OCH3 is 1. The number of hydrogen-bond donors (Lipinski definition) is 1. The van der Waals surface area contributed by atoms with Crippen LogP contribution in [0.25, 0.3) is 5.76 Å². The molecule has 1 aliphatic rings. The number of ketones is 1. The van der Waals surface area contributed by atoms with Crippen LogP contribution in [-0.2, 0) is 9.59 Å². The van der Waals surface area contributed by atoms with Gasteiger partial charge >= 0.3 is 5.91 Å². The van der Waals surface area contributed by atoms with Gasteiger partial charge in [0.15, 0.2) is 0 Å². The fourth-order valence-electron chi connectivity index (χ4n) is 3.42. The van der Waals surface area contributed by atoms with Gasteiger partial charge in [0.05, 0.1) is 24.3 Å². The van der Waals surface area contributed by atoms with Gasteiger partial charge in [-0.15, -0.1) is 10.2 Å². The van der Waals surface area contributed by atoms with E-state index in [1.54, 1.807) is 6.92 Å². The number of amides is 1. The van der Waals surface area contributed by atoms with E-state index in [2.05, 4.69) is 10.2 Å². The summed E-state index contributed by atoms with van der Waals surface area (Å²) >= 11 is 1.06. The first-order valence-corrected chi connectivity index (χ1v) is 9.84. The fraction of sp³-hybridized carbons (Fsp3) is 0.143. The second-order valence-electron chi connectivity index (χ2n) is 6.67. The molecule has 1 aliphatic heterocycles. The molecule has 0 aliphatic carbocycles. The minimum Gasteiger partial charge on any atom is -0.507 e. The van der Waals surface area contributed by atoms with Crippen LogP contribution in [0.1, 0.15) is 22.2 Å². The average Bonchev–Trinajstić information content (AvgIpc) is 3.28. The molecule has 4 rings (SSSR count). The third kappa shape index (κ3) is 3.55. The van der Waals surface area contributed by atoms with Gasteiger partial charge in [-0.2, -0.15) is 0 Å². The van der Waals surface area contributed by atoms with Crippen LogP contribution < -0.4 is 9.64 Å². The van der Waals surface area contributed by atoms with Gasteiger partial charge < -0.3 is 9.84 Å². The topological polar surface area (TPSA) is 92.6 Å². The number of halogens is 2. The molecule has 10 heteroatoms. The summed E-state index contributed by atoms with van der Waals surface area (Å²) < 4.78 is 33.1. The van der Waals surface area contributed by atoms with Gasteiger partial charge in [-0.1, -0.05) is 23.5 Å². The average molecular weight is 443 g/mol.